The third-order valence-electron chi connectivity index (χ3n) is 3.79. The maximum atomic E-state index is 5.62. The van der Waals surface area contributed by atoms with Crippen molar-refractivity contribution >= 4 is 39.5 Å². The number of aromatic nitrogens is 3. The third-order valence-corrected chi connectivity index (χ3v) is 5.76. The van der Waals surface area contributed by atoms with Gasteiger partial charge in [0.05, 0.1) is 16.1 Å². The molecule has 0 bridgehead atoms. The molecule has 126 valence electrons. The van der Waals surface area contributed by atoms with Crippen molar-refractivity contribution in [3.63, 3.8) is 0 Å². The van der Waals surface area contributed by atoms with Gasteiger partial charge in [0.15, 0.2) is 0 Å². The van der Waals surface area contributed by atoms with Crippen LogP contribution in [-0.4, -0.2) is 26.3 Å². The Kier molecular flexibility index (Phi) is 5.34. The Bertz CT molecular complexity index is 909. The summed E-state index contributed by atoms with van der Waals surface area (Å²) in [4.78, 5) is 2.20. The minimum absolute atomic E-state index is 0.657. The zero-order valence-electron chi connectivity index (χ0n) is 13.9. The Balaban J connectivity index is 1.78. The molecule has 0 fully saturated rings. The Labute approximate surface area is 159 Å². The van der Waals surface area contributed by atoms with E-state index in [1.165, 1.54) is 16.7 Å². The second-order valence-electron chi connectivity index (χ2n) is 5.99. The topological polar surface area (TPSA) is 26.0 Å². The summed E-state index contributed by atoms with van der Waals surface area (Å²) in [6, 6.07) is 8.50. The first kappa shape index (κ1) is 17.5. The molecule has 0 radical (unpaired) electrons. The van der Waals surface area contributed by atoms with Crippen LogP contribution < -0.4 is 0 Å². The molecule has 24 heavy (non-hydrogen) atoms. The molecule has 0 unspecified atom stereocenters. The molecule has 2 aromatic heterocycles. The van der Waals surface area contributed by atoms with Gasteiger partial charge in [-0.3, -0.25) is 9.47 Å². The maximum Gasteiger partial charge on any atom is 0.203 e. The number of hydrogen-bond donors (Lipinski definition) is 0. The van der Waals surface area contributed by atoms with Crippen molar-refractivity contribution in [2.24, 2.45) is 0 Å². The van der Waals surface area contributed by atoms with Crippen LogP contribution in [-0.2, 0) is 13.2 Å². The molecule has 2 heterocycles. The van der Waals surface area contributed by atoms with E-state index in [2.05, 4.69) is 76.5 Å². The first-order valence-electron chi connectivity index (χ1n) is 7.57. The Morgan fingerprint density at radius 3 is 2.75 bits per heavy atom. The molecule has 0 atom stereocenters. The molecule has 0 saturated carbocycles. The molecular weight excluding hydrogens is 404 g/mol. The summed E-state index contributed by atoms with van der Waals surface area (Å²) in [6.45, 7) is 5.71. The van der Waals surface area contributed by atoms with Gasteiger partial charge in [0, 0.05) is 6.54 Å². The molecule has 0 amide bonds. The molecule has 0 N–H and O–H groups in total. The Morgan fingerprint density at radius 1 is 1.29 bits per heavy atom. The second kappa shape index (κ2) is 7.31. The summed E-state index contributed by atoms with van der Waals surface area (Å²) >= 11 is 10.8. The number of thiophene rings is 1. The highest BCUT2D eigenvalue weighted by molar-refractivity contribution is 9.11. The summed E-state index contributed by atoms with van der Waals surface area (Å²) in [7, 11) is 2.07. The lowest BCUT2D eigenvalue weighted by Gasteiger charge is -2.15. The average Bonchev–Trinajstić information content (AvgIpc) is 3.07. The van der Waals surface area contributed by atoms with E-state index in [1.54, 1.807) is 17.7 Å². The van der Waals surface area contributed by atoms with Gasteiger partial charge < -0.3 is 0 Å². The second-order valence-corrected chi connectivity index (χ2v) is 8.64. The van der Waals surface area contributed by atoms with Crippen molar-refractivity contribution in [1.82, 2.24) is 19.2 Å². The molecule has 3 rings (SSSR count). The van der Waals surface area contributed by atoms with Crippen LogP contribution in [0.5, 0.6) is 0 Å². The van der Waals surface area contributed by atoms with Crippen molar-refractivity contribution in [2.45, 2.75) is 27.1 Å². The van der Waals surface area contributed by atoms with E-state index in [-0.39, 0.29) is 0 Å². The van der Waals surface area contributed by atoms with Crippen molar-refractivity contribution in [3.8, 4) is 5.69 Å². The lowest BCUT2D eigenvalue weighted by atomic mass is 10.1. The summed E-state index contributed by atoms with van der Waals surface area (Å²) in [5.74, 6) is 0. The lowest BCUT2D eigenvalue weighted by molar-refractivity contribution is 0.244. The van der Waals surface area contributed by atoms with Gasteiger partial charge in [0.1, 0.15) is 6.33 Å². The molecule has 1 aromatic carbocycles. The van der Waals surface area contributed by atoms with Crippen molar-refractivity contribution in [1.29, 1.82) is 0 Å². The minimum atomic E-state index is 0.657. The predicted molar refractivity (Wildman–Crippen MR) is 105 cm³/mol. The molecule has 0 aliphatic heterocycles. The van der Waals surface area contributed by atoms with Gasteiger partial charge in [-0.15, -0.1) is 11.3 Å². The van der Waals surface area contributed by atoms with Crippen LogP contribution in [0.15, 0.2) is 39.8 Å². The smallest absolute Gasteiger partial charge is 0.203 e. The fraction of sp³-hybridized carbons (Fsp3) is 0.294. The van der Waals surface area contributed by atoms with E-state index in [0.717, 1.165) is 16.0 Å². The molecule has 3 aromatic rings. The standard InChI is InChI=1S/C17H19BrN4S2/c1-12-4-5-15(13(2)6-12)21-10-19-22(17(21)23)11-20(3)8-14-7-16(18)24-9-14/h4-7,9-10H,8,11H2,1-3H3. The number of nitrogens with zero attached hydrogens (tertiary/aromatic N) is 4. The molecule has 7 heteroatoms. The number of rotatable bonds is 5. The lowest BCUT2D eigenvalue weighted by Crippen LogP contribution is -2.22. The highest BCUT2D eigenvalue weighted by Gasteiger charge is 2.09. The van der Waals surface area contributed by atoms with Crippen LogP contribution in [0.2, 0.25) is 0 Å². The highest BCUT2D eigenvalue weighted by Crippen LogP contribution is 2.21. The first-order valence-corrected chi connectivity index (χ1v) is 9.65. The van der Waals surface area contributed by atoms with Gasteiger partial charge in [0.25, 0.3) is 0 Å². The first-order chi connectivity index (χ1) is 11.4. The Hall–Kier alpha value is -1.28. The van der Waals surface area contributed by atoms with Crippen LogP contribution in [0.3, 0.4) is 0 Å². The van der Waals surface area contributed by atoms with Gasteiger partial charge in [-0.05, 0) is 77.7 Å². The molecule has 0 aliphatic carbocycles. The highest BCUT2D eigenvalue weighted by atomic mass is 79.9. The van der Waals surface area contributed by atoms with E-state index in [9.17, 15) is 0 Å². The van der Waals surface area contributed by atoms with Gasteiger partial charge in [-0.25, -0.2) is 4.68 Å². The summed E-state index contributed by atoms with van der Waals surface area (Å²) in [6.07, 6.45) is 1.80. The van der Waals surface area contributed by atoms with Crippen LogP contribution in [0.4, 0.5) is 0 Å². The normalized spacial score (nSPS) is 11.4. The Morgan fingerprint density at radius 2 is 2.08 bits per heavy atom. The molecular formula is C17H19BrN4S2. The van der Waals surface area contributed by atoms with E-state index >= 15 is 0 Å². The van der Waals surface area contributed by atoms with E-state index < -0.39 is 0 Å². The van der Waals surface area contributed by atoms with E-state index in [4.69, 9.17) is 12.2 Å². The van der Waals surface area contributed by atoms with Crippen LogP contribution >= 0.6 is 39.5 Å². The van der Waals surface area contributed by atoms with E-state index in [1.807, 2.05) is 9.25 Å². The number of benzene rings is 1. The zero-order chi connectivity index (χ0) is 17.3. The van der Waals surface area contributed by atoms with Crippen molar-refractivity contribution < 1.29 is 0 Å². The van der Waals surface area contributed by atoms with E-state index in [0.29, 0.717) is 11.4 Å². The number of aryl methyl sites for hydroxylation is 2. The third kappa shape index (κ3) is 3.85. The van der Waals surface area contributed by atoms with Crippen molar-refractivity contribution in [3.05, 3.63) is 61.2 Å². The van der Waals surface area contributed by atoms with Gasteiger partial charge in [-0.1, -0.05) is 17.7 Å². The summed E-state index contributed by atoms with van der Waals surface area (Å²) in [5, 5.41) is 6.63. The SMILES string of the molecule is Cc1ccc(-n2cnn(CN(C)Cc3csc(Br)c3)c2=S)c(C)c1. The summed E-state index contributed by atoms with van der Waals surface area (Å²) in [5.41, 5.74) is 4.81. The van der Waals surface area contributed by atoms with Crippen molar-refractivity contribution in [2.75, 3.05) is 7.05 Å². The summed E-state index contributed by atoms with van der Waals surface area (Å²) < 4.78 is 5.69. The van der Waals surface area contributed by atoms with Gasteiger partial charge in [-0.2, -0.15) is 5.10 Å². The van der Waals surface area contributed by atoms with Crippen LogP contribution in [0.25, 0.3) is 5.69 Å². The monoisotopic (exact) mass is 422 g/mol. The molecule has 0 spiro atoms. The quantitative estimate of drug-likeness (QED) is 0.544. The average molecular weight is 423 g/mol. The fourth-order valence-electron chi connectivity index (χ4n) is 2.69. The maximum absolute atomic E-state index is 5.62. The molecule has 0 aliphatic rings. The zero-order valence-corrected chi connectivity index (χ0v) is 17.1. The minimum Gasteiger partial charge on any atom is -0.283 e. The molecule has 0 saturated heterocycles. The van der Waals surface area contributed by atoms with Crippen LogP contribution in [0, 0.1) is 18.6 Å². The number of halogens is 1. The largest absolute Gasteiger partial charge is 0.283 e. The number of hydrogen-bond acceptors (Lipinski definition) is 4. The fourth-order valence-corrected chi connectivity index (χ4v) is 4.14. The molecule has 4 nitrogen and oxygen atoms in total. The van der Waals surface area contributed by atoms with Gasteiger partial charge >= 0.3 is 0 Å². The predicted octanol–water partition coefficient (Wildman–Crippen LogP) is 4.93. The van der Waals surface area contributed by atoms with Crippen LogP contribution in [0.1, 0.15) is 16.7 Å². The van der Waals surface area contributed by atoms with Gasteiger partial charge in [0.2, 0.25) is 4.77 Å².